The van der Waals surface area contributed by atoms with Crippen LogP contribution in [0.3, 0.4) is 0 Å². The first-order valence-electron chi connectivity index (χ1n) is 4.61. The zero-order chi connectivity index (χ0) is 9.26. The Kier molecular flexibility index (Phi) is 2.01. The Morgan fingerprint density at radius 2 is 2.00 bits per heavy atom. The molecular formula is C12H13N. The number of rotatable bonds is 3. The van der Waals surface area contributed by atoms with E-state index in [1.54, 1.807) is 6.08 Å². The van der Waals surface area contributed by atoms with Crippen LogP contribution in [0.15, 0.2) is 25.3 Å². The zero-order valence-corrected chi connectivity index (χ0v) is 7.66. The molecule has 0 aliphatic heterocycles. The molecule has 66 valence electrons. The molecule has 0 bridgehead atoms. The minimum absolute atomic E-state index is 0.706. The fraction of sp³-hybridized carbons (Fsp3) is 0.250. The smallest absolute Gasteiger partial charge is 0.0699 e. The van der Waals surface area contributed by atoms with Gasteiger partial charge in [0.15, 0.2) is 0 Å². The lowest BCUT2D eigenvalue weighted by atomic mass is 10.1. The number of aromatic nitrogens is 1. The standard InChI is InChI=1S/C12H13N/c1-3-9-7-8-12(10-5-6-10)13-11(9)4-2/h3-4,7-8,10H,1-2,5-6H2. The van der Waals surface area contributed by atoms with E-state index in [-0.39, 0.29) is 0 Å². The summed E-state index contributed by atoms with van der Waals surface area (Å²) in [6.45, 7) is 7.49. The highest BCUT2D eigenvalue weighted by Gasteiger charge is 2.24. The van der Waals surface area contributed by atoms with Gasteiger partial charge in [-0.3, -0.25) is 4.98 Å². The summed E-state index contributed by atoms with van der Waals surface area (Å²) < 4.78 is 0. The van der Waals surface area contributed by atoms with Crippen LogP contribution in [-0.4, -0.2) is 4.98 Å². The van der Waals surface area contributed by atoms with Crippen molar-refractivity contribution in [2.75, 3.05) is 0 Å². The Morgan fingerprint density at radius 3 is 2.54 bits per heavy atom. The van der Waals surface area contributed by atoms with Gasteiger partial charge in [0.2, 0.25) is 0 Å². The molecule has 1 aromatic heterocycles. The maximum Gasteiger partial charge on any atom is 0.0699 e. The molecule has 0 spiro atoms. The van der Waals surface area contributed by atoms with Crippen LogP contribution in [-0.2, 0) is 0 Å². The minimum atomic E-state index is 0.706. The van der Waals surface area contributed by atoms with Gasteiger partial charge in [-0.05, 0) is 30.5 Å². The molecule has 1 nitrogen and oxygen atoms in total. The molecule has 0 saturated heterocycles. The molecule has 13 heavy (non-hydrogen) atoms. The first-order chi connectivity index (χ1) is 6.35. The Morgan fingerprint density at radius 1 is 1.23 bits per heavy atom. The van der Waals surface area contributed by atoms with Gasteiger partial charge < -0.3 is 0 Å². The lowest BCUT2D eigenvalue weighted by Crippen LogP contribution is -1.91. The quantitative estimate of drug-likeness (QED) is 0.680. The maximum absolute atomic E-state index is 4.53. The molecule has 0 N–H and O–H groups in total. The van der Waals surface area contributed by atoms with E-state index in [2.05, 4.69) is 30.3 Å². The predicted molar refractivity (Wildman–Crippen MR) is 56.4 cm³/mol. The van der Waals surface area contributed by atoms with Crippen LogP contribution in [0.4, 0.5) is 0 Å². The van der Waals surface area contributed by atoms with Gasteiger partial charge in [0.25, 0.3) is 0 Å². The summed E-state index contributed by atoms with van der Waals surface area (Å²) in [5, 5.41) is 0. The van der Waals surface area contributed by atoms with Crippen LogP contribution in [0.5, 0.6) is 0 Å². The molecule has 1 aliphatic carbocycles. The van der Waals surface area contributed by atoms with Crippen molar-refractivity contribution in [3.63, 3.8) is 0 Å². The highest BCUT2D eigenvalue weighted by Crippen LogP contribution is 2.39. The second-order valence-corrected chi connectivity index (χ2v) is 3.39. The molecule has 0 aromatic carbocycles. The Bertz CT molecular complexity index is 348. The monoisotopic (exact) mass is 171 g/mol. The van der Waals surface area contributed by atoms with Crippen molar-refractivity contribution in [1.82, 2.24) is 4.98 Å². The highest BCUT2D eigenvalue weighted by molar-refractivity contribution is 5.60. The van der Waals surface area contributed by atoms with Gasteiger partial charge in [0, 0.05) is 11.6 Å². The summed E-state index contributed by atoms with van der Waals surface area (Å²) in [7, 11) is 0. The second kappa shape index (κ2) is 3.17. The molecule has 1 heteroatoms. The first kappa shape index (κ1) is 8.24. The highest BCUT2D eigenvalue weighted by atomic mass is 14.7. The van der Waals surface area contributed by atoms with Crippen molar-refractivity contribution >= 4 is 12.2 Å². The lowest BCUT2D eigenvalue weighted by Gasteiger charge is -2.02. The molecule has 0 unspecified atom stereocenters. The van der Waals surface area contributed by atoms with E-state index in [4.69, 9.17) is 0 Å². The Labute approximate surface area is 78.8 Å². The average molecular weight is 171 g/mol. The van der Waals surface area contributed by atoms with Gasteiger partial charge >= 0.3 is 0 Å². The third-order valence-electron chi connectivity index (χ3n) is 2.39. The van der Waals surface area contributed by atoms with Gasteiger partial charge in [-0.2, -0.15) is 0 Å². The molecule has 1 aliphatic rings. The van der Waals surface area contributed by atoms with Crippen molar-refractivity contribution in [2.24, 2.45) is 0 Å². The number of hydrogen-bond acceptors (Lipinski definition) is 1. The summed E-state index contributed by atoms with van der Waals surface area (Å²) in [6, 6.07) is 4.17. The normalized spacial score (nSPS) is 15.4. The number of hydrogen-bond donors (Lipinski definition) is 0. The molecule has 0 amide bonds. The van der Waals surface area contributed by atoms with Crippen molar-refractivity contribution in [1.29, 1.82) is 0 Å². The molecule has 0 radical (unpaired) electrons. The summed E-state index contributed by atoms with van der Waals surface area (Å²) >= 11 is 0. The molecule has 1 heterocycles. The minimum Gasteiger partial charge on any atom is -0.253 e. The van der Waals surface area contributed by atoms with E-state index in [9.17, 15) is 0 Å². The topological polar surface area (TPSA) is 12.9 Å². The molecule has 2 rings (SSSR count). The summed E-state index contributed by atoms with van der Waals surface area (Å²) in [5.41, 5.74) is 3.24. The summed E-state index contributed by atoms with van der Waals surface area (Å²) in [5.74, 6) is 0.706. The summed E-state index contributed by atoms with van der Waals surface area (Å²) in [4.78, 5) is 4.53. The average Bonchev–Trinajstić information content (AvgIpc) is 3.00. The third-order valence-corrected chi connectivity index (χ3v) is 2.39. The predicted octanol–water partition coefficient (Wildman–Crippen LogP) is 3.25. The third kappa shape index (κ3) is 1.55. The van der Waals surface area contributed by atoms with Crippen molar-refractivity contribution in [3.8, 4) is 0 Å². The van der Waals surface area contributed by atoms with E-state index in [0.717, 1.165) is 11.3 Å². The summed E-state index contributed by atoms with van der Waals surface area (Å²) in [6.07, 6.45) is 6.19. The van der Waals surface area contributed by atoms with Crippen LogP contribution in [0, 0.1) is 0 Å². The van der Waals surface area contributed by atoms with E-state index in [1.807, 2.05) is 6.08 Å². The van der Waals surface area contributed by atoms with Gasteiger partial charge in [-0.25, -0.2) is 0 Å². The molecule has 1 fully saturated rings. The Hall–Kier alpha value is -1.37. The molecule has 1 aromatic rings. The van der Waals surface area contributed by atoms with Gasteiger partial charge in [-0.15, -0.1) is 0 Å². The van der Waals surface area contributed by atoms with Gasteiger partial charge in [-0.1, -0.05) is 25.3 Å². The number of pyridine rings is 1. The molecule has 1 saturated carbocycles. The van der Waals surface area contributed by atoms with Gasteiger partial charge in [0.1, 0.15) is 0 Å². The van der Waals surface area contributed by atoms with Gasteiger partial charge in [0.05, 0.1) is 5.69 Å². The van der Waals surface area contributed by atoms with Crippen LogP contribution in [0.1, 0.15) is 35.7 Å². The SMILES string of the molecule is C=Cc1ccc(C2CC2)nc1C=C. The maximum atomic E-state index is 4.53. The second-order valence-electron chi connectivity index (χ2n) is 3.39. The van der Waals surface area contributed by atoms with Crippen LogP contribution in [0.25, 0.3) is 12.2 Å². The zero-order valence-electron chi connectivity index (χ0n) is 7.66. The van der Waals surface area contributed by atoms with Crippen LogP contribution >= 0.6 is 0 Å². The van der Waals surface area contributed by atoms with E-state index < -0.39 is 0 Å². The van der Waals surface area contributed by atoms with E-state index >= 15 is 0 Å². The molecular weight excluding hydrogens is 158 g/mol. The Balaban J connectivity index is 2.42. The lowest BCUT2D eigenvalue weighted by molar-refractivity contribution is 1.01. The van der Waals surface area contributed by atoms with Crippen molar-refractivity contribution < 1.29 is 0 Å². The fourth-order valence-corrected chi connectivity index (χ4v) is 1.44. The van der Waals surface area contributed by atoms with Crippen molar-refractivity contribution in [2.45, 2.75) is 18.8 Å². The fourth-order valence-electron chi connectivity index (χ4n) is 1.44. The molecule has 0 atom stereocenters. The van der Waals surface area contributed by atoms with E-state index in [0.29, 0.717) is 5.92 Å². The van der Waals surface area contributed by atoms with Crippen LogP contribution in [0.2, 0.25) is 0 Å². The largest absolute Gasteiger partial charge is 0.253 e. The van der Waals surface area contributed by atoms with Crippen LogP contribution < -0.4 is 0 Å². The van der Waals surface area contributed by atoms with Crippen molar-refractivity contribution in [3.05, 3.63) is 42.2 Å². The van der Waals surface area contributed by atoms with E-state index in [1.165, 1.54) is 18.5 Å². The first-order valence-corrected chi connectivity index (χ1v) is 4.61. The number of nitrogens with zero attached hydrogens (tertiary/aromatic N) is 1.